The van der Waals surface area contributed by atoms with Crippen molar-refractivity contribution in [3.63, 3.8) is 0 Å². The molecule has 1 fully saturated rings. The molecule has 7 nitrogen and oxygen atoms in total. The smallest absolute Gasteiger partial charge is 0.319 e. The second-order valence-electron chi connectivity index (χ2n) is 6.61. The van der Waals surface area contributed by atoms with E-state index in [0.717, 1.165) is 43.2 Å². The van der Waals surface area contributed by atoms with Gasteiger partial charge >= 0.3 is 6.03 Å². The minimum Gasteiger partial charge on any atom is -0.365 e. The molecule has 1 aromatic heterocycles. The van der Waals surface area contributed by atoms with E-state index in [1.165, 1.54) is 24.6 Å². The molecule has 0 spiro atoms. The Balaban J connectivity index is 1.50. The molecule has 1 aliphatic rings. The monoisotopic (exact) mass is 419 g/mol. The van der Waals surface area contributed by atoms with Gasteiger partial charge in [-0.3, -0.25) is 10.1 Å². The minimum absolute atomic E-state index is 0.276. The fourth-order valence-corrected chi connectivity index (χ4v) is 4.98. The van der Waals surface area contributed by atoms with Crippen LogP contribution < -0.4 is 16.4 Å². The van der Waals surface area contributed by atoms with Crippen LogP contribution in [0.15, 0.2) is 35.4 Å². The number of carbonyl (C=O) groups is 2. The summed E-state index contributed by atoms with van der Waals surface area (Å²) >= 11 is 2.51. The first kappa shape index (κ1) is 20.6. The number of hydrogen-bond acceptors (Lipinski definition) is 6. The Hall–Kier alpha value is -2.10. The van der Waals surface area contributed by atoms with Crippen molar-refractivity contribution in [2.45, 2.75) is 30.0 Å². The van der Waals surface area contributed by atoms with E-state index in [2.05, 4.69) is 19.9 Å². The van der Waals surface area contributed by atoms with E-state index in [1.54, 1.807) is 0 Å². The number of nitrogens with two attached hydrogens (primary N) is 1. The van der Waals surface area contributed by atoms with E-state index in [0.29, 0.717) is 22.3 Å². The third-order valence-corrected chi connectivity index (χ3v) is 6.41. The number of primary amides is 1. The van der Waals surface area contributed by atoms with Crippen LogP contribution in [-0.4, -0.2) is 47.4 Å². The quantitative estimate of drug-likeness (QED) is 0.428. The number of likely N-dealkylation sites (tertiary alicyclic amines) is 1. The second kappa shape index (κ2) is 10.4. The third kappa shape index (κ3) is 5.95. The summed E-state index contributed by atoms with van der Waals surface area (Å²) in [5.74, 6) is 0.0844. The molecular weight excluding hydrogens is 394 g/mol. The number of thioether (sulfide) groups is 1. The zero-order chi connectivity index (χ0) is 19.8. The largest absolute Gasteiger partial charge is 0.365 e. The van der Waals surface area contributed by atoms with Crippen LogP contribution in [0.1, 0.15) is 35.2 Å². The van der Waals surface area contributed by atoms with E-state index in [4.69, 9.17) is 5.73 Å². The van der Waals surface area contributed by atoms with E-state index in [9.17, 15) is 9.59 Å². The molecule has 150 valence electrons. The van der Waals surface area contributed by atoms with Gasteiger partial charge in [-0.15, -0.1) is 0 Å². The summed E-state index contributed by atoms with van der Waals surface area (Å²) in [5.41, 5.74) is 6.94. The highest BCUT2D eigenvalue weighted by molar-refractivity contribution is 7.98. The molecule has 3 rings (SSSR count). The lowest BCUT2D eigenvalue weighted by Gasteiger charge is -2.14. The number of urea groups is 1. The van der Waals surface area contributed by atoms with Crippen molar-refractivity contribution in [3.8, 4) is 0 Å². The summed E-state index contributed by atoms with van der Waals surface area (Å²) in [6.45, 7) is 3.88. The fourth-order valence-electron chi connectivity index (χ4n) is 3.06. The standard InChI is InChI=1S/C19H25N5O2S2/c20-16(25)15-17(22-19(26)21-9-6-12-24-10-4-5-11-24)28-23-18(15)27-13-14-7-2-1-3-8-14/h1-3,7-8H,4-6,9-13H2,(H2,20,25)(H2,21,22,26). The maximum absolute atomic E-state index is 12.2. The minimum atomic E-state index is -0.589. The number of hydrogen-bond donors (Lipinski definition) is 3. The molecular formula is C19H25N5O2S2. The Morgan fingerprint density at radius 2 is 1.96 bits per heavy atom. The van der Waals surface area contributed by atoms with E-state index in [1.807, 2.05) is 30.3 Å². The van der Waals surface area contributed by atoms with Gasteiger partial charge in [0.05, 0.1) is 0 Å². The number of carbonyl (C=O) groups excluding carboxylic acids is 2. The number of nitrogens with one attached hydrogen (secondary N) is 2. The Morgan fingerprint density at radius 3 is 2.68 bits per heavy atom. The van der Waals surface area contributed by atoms with Gasteiger partial charge in [0.1, 0.15) is 15.6 Å². The van der Waals surface area contributed by atoms with Gasteiger partial charge in [-0.25, -0.2) is 4.79 Å². The molecule has 0 bridgehead atoms. The maximum atomic E-state index is 12.2. The van der Waals surface area contributed by atoms with Gasteiger partial charge in [0, 0.05) is 12.3 Å². The lowest BCUT2D eigenvalue weighted by Crippen LogP contribution is -2.32. The summed E-state index contributed by atoms with van der Waals surface area (Å²) in [6, 6.07) is 9.57. The predicted molar refractivity (Wildman–Crippen MR) is 114 cm³/mol. The zero-order valence-electron chi connectivity index (χ0n) is 15.6. The predicted octanol–water partition coefficient (Wildman–Crippen LogP) is 3.14. The fraction of sp³-hybridized carbons (Fsp3) is 0.421. The summed E-state index contributed by atoms with van der Waals surface area (Å²) in [6.07, 6.45) is 3.43. The Kier molecular flexibility index (Phi) is 7.70. The summed E-state index contributed by atoms with van der Waals surface area (Å²) < 4.78 is 4.31. The molecule has 0 aliphatic carbocycles. The van der Waals surface area contributed by atoms with Crippen molar-refractivity contribution >= 4 is 40.2 Å². The van der Waals surface area contributed by atoms with Crippen LogP contribution in [0.3, 0.4) is 0 Å². The van der Waals surface area contributed by atoms with E-state index in [-0.39, 0.29) is 11.6 Å². The van der Waals surface area contributed by atoms with Crippen molar-refractivity contribution in [2.24, 2.45) is 5.73 Å². The Labute approximate surface area is 173 Å². The van der Waals surface area contributed by atoms with Gasteiger partial charge in [0.15, 0.2) is 0 Å². The van der Waals surface area contributed by atoms with Crippen molar-refractivity contribution < 1.29 is 9.59 Å². The average Bonchev–Trinajstić information content (AvgIpc) is 3.34. The van der Waals surface area contributed by atoms with Crippen LogP contribution in [0.5, 0.6) is 0 Å². The molecule has 3 amide bonds. The Bertz CT molecular complexity index is 791. The van der Waals surface area contributed by atoms with Gasteiger partial charge in [0.2, 0.25) is 0 Å². The highest BCUT2D eigenvalue weighted by atomic mass is 32.2. The molecule has 0 atom stereocenters. The first-order valence-corrected chi connectivity index (χ1v) is 11.1. The maximum Gasteiger partial charge on any atom is 0.319 e. The van der Waals surface area contributed by atoms with Crippen LogP contribution in [-0.2, 0) is 5.75 Å². The van der Waals surface area contributed by atoms with Crippen molar-refractivity contribution in [1.29, 1.82) is 0 Å². The molecule has 1 aromatic carbocycles. The van der Waals surface area contributed by atoms with Gasteiger partial charge in [0.25, 0.3) is 5.91 Å². The summed E-state index contributed by atoms with van der Waals surface area (Å²) in [7, 11) is 0. The molecule has 0 unspecified atom stereocenters. The van der Waals surface area contributed by atoms with Crippen molar-refractivity contribution in [1.82, 2.24) is 14.6 Å². The van der Waals surface area contributed by atoms with E-state index < -0.39 is 5.91 Å². The van der Waals surface area contributed by atoms with Crippen molar-refractivity contribution in [2.75, 3.05) is 31.5 Å². The highest BCUT2D eigenvalue weighted by Gasteiger charge is 2.21. The van der Waals surface area contributed by atoms with Crippen LogP contribution >= 0.6 is 23.3 Å². The van der Waals surface area contributed by atoms with Crippen LogP contribution in [0.4, 0.5) is 9.80 Å². The molecule has 1 aliphatic heterocycles. The second-order valence-corrected chi connectivity index (χ2v) is 8.35. The molecule has 2 heterocycles. The van der Waals surface area contributed by atoms with Gasteiger partial charge in [-0.1, -0.05) is 42.1 Å². The van der Waals surface area contributed by atoms with Crippen LogP contribution in [0.25, 0.3) is 0 Å². The molecule has 28 heavy (non-hydrogen) atoms. The first-order valence-electron chi connectivity index (χ1n) is 9.37. The molecule has 4 N–H and O–H groups in total. The molecule has 1 saturated heterocycles. The van der Waals surface area contributed by atoms with Crippen molar-refractivity contribution in [3.05, 3.63) is 41.5 Å². The SMILES string of the molecule is NC(=O)c1c(SCc2ccccc2)nsc1NC(=O)NCCCN1CCCC1. The summed E-state index contributed by atoms with van der Waals surface area (Å²) in [4.78, 5) is 26.5. The van der Waals surface area contributed by atoms with E-state index >= 15 is 0 Å². The molecule has 0 radical (unpaired) electrons. The normalized spacial score (nSPS) is 14.1. The van der Waals surface area contributed by atoms with Gasteiger partial charge < -0.3 is 16.0 Å². The van der Waals surface area contributed by atoms with Gasteiger partial charge in [-0.05, 0) is 56.0 Å². The van der Waals surface area contributed by atoms with Crippen LogP contribution in [0.2, 0.25) is 0 Å². The lowest BCUT2D eigenvalue weighted by atomic mass is 10.2. The number of amides is 3. The number of aromatic nitrogens is 1. The van der Waals surface area contributed by atoms with Gasteiger partial charge in [-0.2, -0.15) is 4.37 Å². The van der Waals surface area contributed by atoms with Crippen LogP contribution in [0, 0.1) is 0 Å². The number of benzene rings is 1. The molecule has 0 saturated carbocycles. The number of anilines is 1. The Morgan fingerprint density at radius 1 is 1.21 bits per heavy atom. The average molecular weight is 420 g/mol. The topological polar surface area (TPSA) is 100 Å². The number of nitrogens with zero attached hydrogens (tertiary/aromatic N) is 2. The highest BCUT2D eigenvalue weighted by Crippen LogP contribution is 2.33. The molecule has 9 heteroatoms. The third-order valence-electron chi connectivity index (χ3n) is 4.49. The lowest BCUT2D eigenvalue weighted by molar-refractivity contribution is 0.0998. The zero-order valence-corrected chi connectivity index (χ0v) is 17.3. The molecule has 2 aromatic rings. The number of rotatable bonds is 9. The summed E-state index contributed by atoms with van der Waals surface area (Å²) in [5, 5.41) is 6.48. The first-order chi connectivity index (χ1) is 13.6.